The van der Waals surface area contributed by atoms with Gasteiger partial charge in [0.2, 0.25) is 0 Å². The van der Waals surface area contributed by atoms with E-state index < -0.39 is 12.0 Å². The van der Waals surface area contributed by atoms with Gasteiger partial charge in [-0.1, -0.05) is 13.8 Å². The molecule has 3 N–H and O–H groups in total. The zero-order chi connectivity index (χ0) is 15.9. The molecule has 1 unspecified atom stereocenters. The van der Waals surface area contributed by atoms with Gasteiger partial charge in [-0.2, -0.15) is 0 Å². The van der Waals surface area contributed by atoms with Crippen LogP contribution in [0.2, 0.25) is 0 Å². The van der Waals surface area contributed by atoms with E-state index >= 15 is 0 Å². The summed E-state index contributed by atoms with van der Waals surface area (Å²) in [6, 6.07) is -1.16. The van der Waals surface area contributed by atoms with Crippen molar-refractivity contribution < 1.29 is 14.7 Å². The molecular formula is C17H28N2O3. The molecule has 4 fully saturated rings. The fraction of sp³-hybridized carbons (Fsp3) is 0.882. The number of carboxylic acid groups (broad SMARTS) is 1. The number of urea groups is 1. The molecule has 0 aromatic rings. The molecular weight excluding hydrogens is 280 g/mol. The van der Waals surface area contributed by atoms with Crippen molar-refractivity contribution in [2.45, 2.75) is 58.4 Å². The van der Waals surface area contributed by atoms with Crippen LogP contribution in [-0.2, 0) is 4.79 Å². The number of carbonyl (C=O) groups excluding carboxylic acids is 1. The minimum atomic E-state index is -0.972. The quantitative estimate of drug-likeness (QED) is 0.730. The smallest absolute Gasteiger partial charge is 0.326 e. The van der Waals surface area contributed by atoms with Crippen LogP contribution in [0.3, 0.4) is 0 Å². The van der Waals surface area contributed by atoms with Gasteiger partial charge in [-0.15, -0.1) is 0 Å². The lowest BCUT2D eigenvalue weighted by Gasteiger charge is -2.56. The normalized spacial score (nSPS) is 37.1. The van der Waals surface area contributed by atoms with Crippen molar-refractivity contribution in [2.24, 2.45) is 29.1 Å². The van der Waals surface area contributed by atoms with Gasteiger partial charge < -0.3 is 15.7 Å². The molecule has 4 aliphatic rings. The second-order valence-corrected chi connectivity index (χ2v) is 8.30. The molecule has 0 aromatic carbocycles. The molecule has 0 aromatic heterocycles. The molecule has 124 valence electrons. The summed E-state index contributed by atoms with van der Waals surface area (Å²) in [4.78, 5) is 23.2. The summed E-state index contributed by atoms with van der Waals surface area (Å²) in [6.45, 7) is 4.31. The average molecular weight is 308 g/mol. The Hall–Kier alpha value is -1.26. The number of carboxylic acids is 1. The molecule has 4 rings (SSSR count). The van der Waals surface area contributed by atoms with E-state index in [4.69, 9.17) is 5.11 Å². The molecule has 4 aliphatic carbocycles. The third-order valence-electron chi connectivity index (χ3n) is 6.01. The first kappa shape index (κ1) is 15.6. The van der Waals surface area contributed by atoms with Gasteiger partial charge in [0.05, 0.1) is 0 Å². The van der Waals surface area contributed by atoms with Crippen LogP contribution in [-0.4, -0.2) is 29.7 Å². The van der Waals surface area contributed by atoms with Gasteiger partial charge in [-0.05, 0) is 67.6 Å². The molecule has 0 heterocycles. The first-order chi connectivity index (χ1) is 10.4. The summed E-state index contributed by atoms with van der Waals surface area (Å²) < 4.78 is 0. The van der Waals surface area contributed by atoms with Gasteiger partial charge in [0, 0.05) is 6.54 Å². The second kappa shape index (κ2) is 5.74. The van der Waals surface area contributed by atoms with E-state index in [9.17, 15) is 9.59 Å². The first-order valence-corrected chi connectivity index (χ1v) is 8.64. The fourth-order valence-corrected chi connectivity index (χ4v) is 5.48. The number of rotatable bonds is 5. The first-order valence-electron chi connectivity index (χ1n) is 8.64. The predicted molar refractivity (Wildman–Crippen MR) is 83.4 cm³/mol. The minimum absolute atomic E-state index is 0.122. The second-order valence-electron chi connectivity index (χ2n) is 8.30. The molecule has 0 aliphatic heterocycles. The molecule has 22 heavy (non-hydrogen) atoms. The highest BCUT2D eigenvalue weighted by Crippen LogP contribution is 2.59. The van der Waals surface area contributed by atoms with Crippen LogP contribution in [0, 0.1) is 29.1 Å². The van der Waals surface area contributed by atoms with Gasteiger partial charge >= 0.3 is 12.0 Å². The molecule has 2 amide bonds. The van der Waals surface area contributed by atoms with Gasteiger partial charge in [-0.3, -0.25) is 0 Å². The van der Waals surface area contributed by atoms with E-state index in [0.717, 1.165) is 17.8 Å². The van der Waals surface area contributed by atoms with E-state index in [2.05, 4.69) is 10.6 Å². The highest BCUT2D eigenvalue weighted by molar-refractivity contribution is 5.82. The summed E-state index contributed by atoms with van der Waals surface area (Å²) in [5.74, 6) is 1.48. The molecule has 1 atom stereocenters. The van der Waals surface area contributed by atoms with E-state index in [-0.39, 0.29) is 17.4 Å². The van der Waals surface area contributed by atoms with E-state index in [1.54, 1.807) is 13.8 Å². The van der Waals surface area contributed by atoms with E-state index in [1.165, 1.54) is 38.5 Å². The van der Waals surface area contributed by atoms with Crippen LogP contribution in [0.4, 0.5) is 4.79 Å². The molecule has 4 bridgehead atoms. The summed E-state index contributed by atoms with van der Waals surface area (Å²) in [7, 11) is 0. The van der Waals surface area contributed by atoms with Crippen LogP contribution >= 0.6 is 0 Å². The number of carbonyl (C=O) groups is 2. The van der Waals surface area contributed by atoms with Crippen LogP contribution in [0.1, 0.15) is 52.4 Å². The summed E-state index contributed by atoms with van der Waals surface area (Å²) in [5.41, 5.74) is 0.280. The molecule has 0 spiro atoms. The number of nitrogens with one attached hydrogen (secondary N) is 2. The lowest BCUT2D eigenvalue weighted by Crippen LogP contribution is -2.54. The third kappa shape index (κ3) is 3.08. The topological polar surface area (TPSA) is 78.4 Å². The molecule has 0 saturated heterocycles. The van der Waals surface area contributed by atoms with Gasteiger partial charge in [0.15, 0.2) is 0 Å². The Bertz CT molecular complexity index is 426. The van der Waals surface area contributed by atoms with Crippen molar-refractivity contribution in [2.75, 3.05) is 6.54 Å². The zero-order valence-corrected chi connectivity index (χ0v) is 13.6. The van der Waals surface area contributed by atoms with Crippen LogP contribution in [0.15, 0.2) is 0 Å². The Balaban J connectivity index is 1.54. The minimum Gasteiger partial charge on any atom is -0.480 e. The summed E-state index contributed by atoms with van der Waals surface area (Å²) >= 11 is 0. The standard InChI is InChI=1S/C17H28N2O3/c1-10(2)14(15(20)21)19-16(22)18-9-17-6-11-3-12(7-17)5-13(4-11)8-17/h10-14H,3-9H2,1-2H3,(H,20,21)(H2,18,19,22). The van der Waals surface area contributed by atoms with Crippen LogP contribution in [0.25, 0.3) is 0 Å². The number of aliphatic carboxylic acids is 1. The maximum atomic E-state index is 12.1. The maximum absolute atomic E-state index is 12.1. The van der Waals surface area contributed by atoms with E-state index in [0.29, 0.717) is 6.54 Å². The summed E-state index contributed by atoms with van der Waals surface area (Å²) in [6.07, 6.45) is 7.89. The largest absolute Gasteiger partial charge is 0.480 e. The maximum Gasteiger partial charge on any atom is 0.326 e. The van der Waals surface area contributed by atoms with Crippen LogP contribution in [0.5, 0.6) is 0 Å². The van der Waals surface area contributed by atoms with Crippen LogP contribution < -0.4 is 10.6 Å². The Kier molecular flexibility index (Phi) is 4.08. The van der Waals surface area contributed by atoms with Crippen molar-refractivity contribution in [3.05, 3.63) is 0 Å². The van der Waals surface area contributed by atoms with Crippen molar-refractivity contribution in [1.29, 1.82) is 0 Å². The molecule has 0 radical (unpaired) electrons. The van der Waals surface area contributed by atoms with Gasteiger partial charge in [0.25, 0.3) is 0 Å². The highest BCUT2D eigenvalue weighted by Gasteiger charge is 2.50. The third-order valence-corrected chi connectivity index (χ3v) is 6.01. The number of hydrogen-bond acceptors (Lipinski definition) is 2. The Morgan fingerprint density at radius 3 is 2.00 bits per heavy atom. The Morgan fingerprint density at radius 1 is 1.09 bits per heavy atom. The number of hydrogen-bond donors (Lipinski definition) is 3. The SMILES string of the molecule is CC(C)C(NC(=O)NCC12CC3CC(CC(C3)C1)C2)C(=O)O. The highest BCUT2D eigenvalue weighted by atomic mass is 16.4. The van der Waals surface area contributed by atoms with E-state index in [1.807, 2.05) is 0 Å². The predicted octanol–water partition coefficient (Wildman–Crippen LogP) is 2.61. The zero-order valence-electron chi connectivity index (χ0n) is 13.6. The molecule has 4 saturated carbocycles. The lowest BCUT2D eigenvalue weighted by molar-refractivity contribution is -0.140. The molecule has 5 nitrogen and oxygen atoms in total. The fourth-order valence-electron chi connectivity index (χ4n) is 5.48. The molecule has 5 heteroatoms. The Morgan fingerprint density at radius 2 is 1.59 bits per heavy atom. The van der Waals surface area contributed by atoms with Gasteiger partial charge in [0.1, 0.15) is 6.04 Å². The van der Waals surface area contributed by atoms with Gasteiger partial charge in [-0.25, -0.2) is 9.59 Å². The average Bonchev–Trinajstić information content (AvgIpc) is 2.40. The van der Waals surface area contributed by atoms with Crippen molar-refractivity contribution in [3.63, 3.8) is 0 Å². The monoisotopic (exact) mass is 308 g/mol. The summed E-state index contributed by atoms with van der Waals surface area (Å²) in [5, 5.41) is 14.7. The number of amides is 2. The van der Waals surface area contributed by atoms with Crippen molar-refractivity contribution in [1.82, 2.24) is 10.6 Å². The Labute approximate surface area is 132 Å². The lowest BCUT2D eigenvalue weighted by atomic mass is 9.49. The van der Waals surface area contributed by atoms with Crippen molar-refractivity contribution >= 4 is 12.0 Å². The van der Waals surface area contributed by atoms with Crippen molar-refractivity contribution in [3.8, 4) is 0 Å².